The average molecular weight is 407 g/mol. The van der Waals surface area contributed by atoms with E-state index in [1.54, 1.807) is 6.92 Å². The van der Waals surface area contributed by atoms with Gasteiger partial charge >= 0.3 is 5.97 Å². The molecule has 0 unspecified atom stereocenters. The van der Waals surface area contributed by atoms with Crippen molar-refractivity contribution in [2.45, 2.75) is 13.3 Å². The topological polar surface area (TPSA) is 89.4 Å². The summed E-state index contributed by atoms with van der Waals surface area (Å²) in [7, 11) is 2.00. The van der Waals surface area contributed by atoms with Crippen molar-refractivity contribution in [2.75, 3.05) is 31.6 Å². The molecule has 0 aliphatic heterocycles. The quantitative estimate of drug-likeness (QED) is 0.433. The lowest BCUT2D eigenvalue weighted by molar-refractivity contribution is -0.124. The van der Waals surface area contributed by atoms with Crippen molar-refractivity contribution in [3.05, 3.63) is 72.1 Å². The van der Waals surface area contributed by atoms with Crippen molar-refractivity contribution < 1.29 is 14.3 Å². The number of nitrogens with zero attached hydrogens (tertiary/aromatic N) is 4. The largest absolute Gasteiger partial charge is 0.451 e. The summed E-state index contributed by atoms with van der Waals surface area (Å²) in [5, 5.41) is 11.2. The van der Waals surface area contributed by atoms with Crippen LogP contribution in [0.2, 0.25) is 0 Å². The van der Waals surface area contributed by atoms with Gasteiger partial charge in [-0.1, -0.05) is 36.4 Å². The van der Waals surface area contributed by atoms with E-state index in [2.05, 4.69) is 20.4 Å². The van der Waals surface area contributed by atoms with Gasteiger partial charge in [0.1, 0.15) is 0 Å². The number of benzene rings is 2. The maximum absolute atomic E-state index is 12.3. The summed E-state index contributed by atoms with van der Waals surface area (Å²) >= 11 is 0. The minimum absolute atomic E-state index is 0.0936. The molecular formula is C22H25N5O3. The summed E-state index contributed by atoms with van der Waals surface area (Å²) in [5.74, 6) is -1.02. The van der Waals surface area contributed by atoms with Crippen LogP contribution in [0.25, 0.3) is 5.69 Å². The Labute approximate surface area is 175 Å². The second-order valence-corrected chi connectivity index (χ2v) is 6.80. The molecule has 1 aromatic heterocycles. The van der Waals surface area contributed by atoms with Gasteiger partial charge in [0.25, 0.3) is 5.91 Å². The van der Waals surface area contributed by atoms with E-state index in [1.165, 1.54) is 4.80 Å². The van der Waals surface area contributed by atoms with Crippen LogP contribution in [0, 0.1) is 6.92 Å². The molecule has 0 atom stereocenters. The Hall–Kier alpha value is -3.68. The van der Waals surface area contributed by atoms with E-state index in [1.807, 2.05) is 67.7 Å². The van der Waals surface area contributed by atoms with Crippen molar-refractivity contribution in [2.24, 2.45) is 0 Å². The predicted molar refractivity (Wildman–Crippen MR) is 114 cm³/mol. The Balaban J connectivity index is 1.40. The smallest absolute Gasteiger partial charge is 0.361 e. The molecule has 8 nitrogen and oxygen atoms in total. The second-order valence-electron chi connectivity index (χ2n) is 6.80. The Morgan fingerprint density at radius 2 is 1.70 bits per heavy atom. The van der Waals surface area contributed by atoms with Crippen LogP contribution in [0.15, 0.2) is 60.7 Å². The summed E-state index contributed by atoms with van der Waals surface area (Å²) in [6.45, 7) is 2.61. The van der Waals surface area contributed by atoms with Gasteiger partial charge in [-0.25, -0.2) is 4.79 Å². The molecule has 0 bridgehead atoms. The van der Waals surface area contributed by atoms with E-state index in [4.69, 9.17) is 4.74 Å². The number of ether oxygens (including phenoxy) is 1. The number of aryl methyl sites for hydroxylation is 1. The third-order valence-electron chi connectivity index (χ3n) is 4.49. The zero-order valence-corrected chi connectivity index (χ0v) is 17.1. The van der Waals surface area contributed by atoms with Crippen molar-refractivity contribution >= 4 is 17.6 Å². The van der Waals surface area contributed by atoms with Crippen LogP contribution in [-0.4, -0.2) is 53.6 Å². The number of para-hydroxylation sites is 2. The van der Waals surface area contributed by atoms with Crippen LogP contribution in [0.3, 0.4) is 0 Å². The number of nitrogens with one attached hydrogen (secondary N) is 1. The number of amides is 1. The first-order chi connectivity index (χ1) is 14.5. The molecule has 0 saturated heterocycles. The fourth-order valence-corrected chi connectivity index (χ4v) is 2.85. The summed E-state index contributed by atoms with van der Waals surface area (Å²) in [4.78, 5) is 27.7. The van der Waals surface area contributed by atoms with E-state index < -0.39 is 5.97 Å². The van der Waals surface area contributed by atoms with Gasteiger partial charge in [0.05, 0.1) is 11.4 Å². The highest BCUT2D eigenvalue weighted by atomic mass is 16.5. The zero-order valence-electron chi connectivity index (χ0n) is 17.1. The van der Waals surface area contributed by atoms with Gasteiger partial charge in [0.15, 0.2) is 12.3 Å². The van der Waals surface area contributed by atoms with Gasteiger partial charge in [-0.15, -0.1) is 5.10 Å². The first-order valence-corrected chi connectivity index (χ1v) is 9.74. The van der Waals surface area contributed by atoms with Gasteiger partial charge in [-0.05, 0) is 37.6 Å². The maximum atomic E-state index is 12.3. The number of esters is 1. The fourth-order valence-electron chi connectivity index (χ4n) is 2.85. The highest BCUT2D eigenvalue weighted by Gasteiger charge is 2.19. The summed E-state index contributed by atoms with van der Waals surface area (Å²) in [6, 6.07) is 19.3. The van der Waals surface area contributed by atoms with Gasteiger partial charge in [0, 0.05) is 25.8 Å². The lowest BCUT2D eigenvalue weighted by Gasteiger charge is -2.19. The van der Waals surface area contributed by atoms with Crippen molar-refractivity contribution in [3.8, 4) is 5.69 Å². The van der Waals surface area contributed by atoms with Crippen LogP contribution >= 0.6 is 0 Å². The standard InChI is InChI=1S/C22H25N5O3/c1-17-21(25-27(24-17)19-12-7-4-8-13-19)22(29)30-16-20(28)23-14-9-15-26(2)18-10-5-3-6-11-18/h3-8,10-13H,9,14-16H2,1-2H3,(H,23,28). The number of rotatable bonds is 9. The minimum Gasteiger partial charge on any atom is -0.451 e. The van der Waals surface area contributed by atoms with Crippen LogP contribution in [0.4, 0.5) is 5.69 Å². The molecule has 156 valence electrons. The SMILES string of the molecule is Cc1nn(-c2ccccc2)nc1C(=O)OCC(=O)NCCCN(C)c1ccccc1. The number of aromatic nitrogens is 3. The molecule has 8 heteroatoms. The first kappa shape index (κ1) is 21.0. The average Bonchev–Trinajstić information content (AvgIpc) is 3.18. The molecule has 2 aromatic carbocycles. The molecule has 3 aromatic rings. The molecule has 0 saturated carbocycles. The number of carbonyl (C=O) groups excluding carboxylic acids is 2. The van der Waals surface area contributed by atoms with Crippen LogP contribution in [0.1, 0.15) is 22.6 Å². The molecule has 0 spiro atoms. The third kappa shape index (κ3) is 5.66. The molecule has 0 radical (unpaired) electrons. The van der Waals surface area contributed by atoms with Crippen molar-refractivity contribution in [1.29, 1.82) is 0 Å². The van der Waals surface area contributed by atoms with Crippen LogP contribution in [0.5, 0.6) is 0 Å². The molecule has 1 heterocycles. The van der Waals surface area contributed by atoms with Gasteiger partial charge in [-0.3, -0.25) is 4.79 Å². The molecule has 30 heavy (non-hydrogen) atoms. The normalized spacial score (nSPS) is 10.5. The van der Waals surface area contributed by atoms with Gasteiger partial charge < -0.3 is 15.0 Å². The minimum atomic E-state index is -0.673. The Morgan fingerprint density at radius 1 is 1.03 bits per heavy atom. The lowest BCUT2D eigenvalue weighted by Crippen LogP contribution is -2.31. The molecule has 1 amide bonds. The van der Waals surface area contributed by atoms with Crippen LogP contribution in [-0.2, 0) is 9.53 Å². The summed E-state index contributed by atoms with van der Waals surface area (Å²) in [6.07, 6.45) is 0.773. The number of hydrogen-bond donors (Lipinski definition) is 1. The molecule has 1 N–H and O–H groups in total. The van der Waals surface area contributed by atoms with E-state index in [-0.39, 0.29) is 18.2 Å². The van der Waals surface area contributed by atoms with Crippen molar-refractivity contribution in [3.63, 3.8) is 0 Å². The van der Waals surface area contributed by atoms with E-state index in [9.17, 15) is 9.59 Å². The summed E-state index contributed by atoms with van der Waals surface area (Å²) in [5.41, 5.74) is 2.39. The third-order valence-corrected chi connectivity index (χ3v) is 4.49. The highest BCUT2D eigenvalue weighted by molar-refractivity contribution is 5.90. The lowest BCUT2D eigenvalue weighted by atomic mass is 10.3. The first-order valence-electron chi connectivity index (χ1n) is 9.74. The maximum Gasteiger partial charge on any atom is 0.361 e. The number of carbonyl (C=O) groups is 2. The van der Waals surface area contributed by atoms with Crippen LogP contribution < -0.4 is 10.2 Å². The molecule has 3 rings (SSSR count). The Kier molecular flexibility index (Phi) is 7.15. The van der Waals surface area contributed by atoms with E-state index >= 15 is 0 Å². The number of anilines is 1. The number of hydrogen-bond acceptors (Lipinski definition) is 6. The Bertz CT molecular complexity index is 973. The van der Waals surface area contributed by atoms with Gasteiger partial charge in [-0.2, -0.15) is 9.90 Å². The summed E-state index contributed by atoms with van der Waals surface area (Å²) < 4.78 is 5.09. The zero-order chi connectivity index (χ0) is 21.3. The highest BCUT2D eigenvalue weighted by Crippen LogP contribution is 2.11. The van der Waals surface area contributed by atoms with Crippen molar-refractivity contribution in [1.82, 2.24) is 20.3 Å². The fraction of sp³-hybridized carbons (Fsp3) is 0.273. The molecule has 0 fully saturated rings. The molecular weight excluding hydrogens is 382 g/mol. The van der Waals surface area contributed by atoms with E-state index in [0.717, 1.165) is 24.3 Å². The van der Waals surface area contributed by atoms with E-state index in [0.29, 0.717) is 12.2 Å². The molecule has 0 aliphatic rings. The Morgan fingerprint density at radius 3 is 2.40 bits per heavy atom. The van der Waals surface area contributed by atoms with Gasteiger partial charge in [0.2, 0.25) is 0 Å². The monoisotopic (exact) mass is 407 g/mol. The molecule has 0 aliphatic carbocycles. The second kappa shape index (κ2) is 10.2. The predicted octanol–water partition coefficient (Wildman–Crippen LogP) is 2.38.